The first kappa shape index (κ1) is 22.1. The molecule has 10 heteroatoms. The molecule has 8 nitrogen and oxygen atoms in total. The molecule has 2 amide bonds. The molecule has 0 spiro atoms. The third kappa shape index (κ3) is 4.63. The molecule has 0 aliphatic carbocycles. The summed E-state index contributed by atoms with van der Waals surface area (Å²) in [5.41, 5.74) is 0.408. The van der Waals surface area contributed by atoms with Gasteiger partial charge in [-0.3, -0.25) is 9.59 Å². The number of piperazine rings is 1. The van der Waals surface area contributed by atoms with Crippen LogP contribution in [0.3, 0.4) is 0 Å². The number of rotatable bonds is 3. The van der Waals surface area contributed by atoms with Crippen molar-refractivity contribution >= 4 is 36.6 Å². The van der Waals surface area contributed by atoms with E-state index in [0.717, 1.165) is 19.4 Å². The molecule has 0 saturated carbocycles. The van der Waals surface area contributed by atoms with E-state index in [9.17, 15) is 9.59 Å². The first-order valence-electron chi connectivity index (χ1n) is 8.99. The van der Waals surface area contributed by atoms with Gasteiger partial charge in [0.1, 0.15) is 5.69 Å². The Bertz CT molecular complexity index is 801. The second-order valence-corrected chi connectivity index (χ2v) is 6.64. The van der Waals surface area contributed by atoms with Crippen molar-refractivity contribution in [3.8, 4) is 5.82 Å². The molecule has 2 aromatic rings. The third-order valence-electron chi connectivity index (χ3n) is 4.94. The van der Waals surface area contributed by atoms with Gasteiger partial charge in [0.15, 0.2) is 5.82 Å². The Morgan fingerprint density at radius 1 is 1.18 bits per heavy atom. The SMILES string of the molecule is Cl.Cl.O=C(c1cccc(-n2cccn2)n1)N1CCCC(N2CCNCC2=O)C1. The zero-order valence-electron chi connectivity index (χ0n) is 15.4. The zero-order chi connectivity index (χ0) is 17.9. The normalized spacial score (nSPS) is 19.6. The van der Waals surface area contributed by atoms with Crippen LogP contribution in [0.25, 0.3) is 5.82 Å². The van der Waals surface area contributed by atoms with Gasteiger partial charge >= 0.3 is 0 Å². The summed E-state index contributed by atoms with van der Waals surface area (Å²) in [6.07, 6.45) is 5.31. The summed E-state index contributed by atoms with van der Waals surface area (Å²) in [5, 5.41) is 7.25. The van der Waals surface area contributed by atoms with E-state index in [1.807, 2.05) is 28.0 Å². The van der Waals surface area contributed by atoms with Crippen LogP contribution in [0.4, 0.5) is 0 Å². The molecular weight excluding hydrogens is 403 g/mol. The van der Waals surface area contributed by atoms with Crippen LogP contribution >= 0.6 is 24.8 Å². The highest BCUT2D eigenvalue weighted by molar-refractivity contribution is 5.92. The lowest BCUT2D eigenvalue weighted by Crippen LogP contribution is -2.57. The maximum atomic E-state index is 12.9. The minimum Gasteiger partial charge on any atom is -0.336 e. The Hall–Kier alpha value is -2.16. The average Bonchev–Trinajstić information content (AvgIpc) is 3.23. The van der Waals surface area contributed by atoms with Gasteiger partial charge in [0, 0.05) is 44.6 Å². The van der Waals surface area contributed by atoms with Gasteiger partial charge in [-0.1, -0.05) is 6.07 Å². The van der Waals surface area contributed by atoms with Crippen LogP contribution in [0.2, 0.25) is 0 Å². The van der Waals surface area contributed by atoms with E-state index in [1.54, 1.807) is 23.1 Å². The second kappa shape index (κ2) is 9.86. The van der Waals surface area contributed by atoms with Crippen molar-refractivity contribution < 1.29 is 9.59 Å². The van der Waals surface area contributed by atoms with Crippen LogP contribution in [0.5, 0.6) is 0 Å². The molecular formula is C18H24Cl2N6O2. The lowest BCUT2D eigenvalue weighted by Gasteiger charge is -2.41. The van der Waals surface area contributed by atoms with E-state index >= 15 is 0 Å². The number of pyridine rings is 1. The number of aromatic nitrogens is 3. The smallest absolute Gasteiger partial charge is 0.272 e. The highest BCUT2D eigenvalue weighted by Crippen LogP contribution is 2.19. The molecule has 0 radical (unpaired) electrons. The van der Waals surface area contributed by atoms with Gasteiger partial charge in [-0.15, -0.1) is 24.8 Å². The maximum Gasteiger partial charge on any atom is 0.272 e. The van der Waals surface area contributed by atoms with Gasteiger partial charge in [0.25, 0.3) is 5.91 Å². The van der Waals surface area contributed by atoms with Gasteiger partial charge in [-0.25, -0.2) is 9.67 Å². The second-order valence-electron chi connectivity index (χ2n) is 6.64. The Balaban J connectivity index is 0.00000140. The number of carbonyl (C=O) groups excluding carboxylic acids is 2. The Labute approximate surface area is 176 Å². The summed E-state index contributed by atoms with van der Waals surface area (Å²) in [6, 6.07) is 7.28. The zero-order valence-corrected chi connectivity index (χ0v) is 17.0. The van der Waals surface area contributed by atoms with Crippen LogP contribution in [-0.4, -0.2) is 75.1 Å². The van der Waals surface area contributed by atoms with Gasteiger partial charge in [0.05, 0.1) is 6.54 Å². The number of likely N-dealkylation sites (tertiary alicyclic amines) is 1. The topological polar surface area (TPSA) is 83.4 Å². The maximum absolute atomic E-state index is 12.9. The van der Waals surface area contributed by atoms with E-state index in [1.165, 1.54) is 0 Å². The average molecular weight is 427 g/mol. The standard InChI is InChI=1S/C18H22N6O2.2ClH/c25-17-12-19-8-11-23(17)14-4-2-9-22(13-14)18(26)15-5-1-6-16(21-15)24-10-3-7-20-24;;/h1,3,5-7,10,14,19H,2,4,8-9,11-13H2;2*1H. The summed E-state index contributed by atoms with van der Waals surface area (Å²) >= 11 is 0. The molecule has 4 heterocycles. The van der Waals surface area contributed by atoms with Crippen molar-refractivity contribution in [3.63, 3.8) is 0 Å². The summed E-state index contributed by atoms with van der Waals surface area (Å²) in [4.78, 5) is 33.3. The molecule has 4 rings (SSSR count). The molecule has 0 bridgehead atoms. The van der Waals surface area contributed by atoms with Crippen molar-refractivity contribution in [1.82, 2.24) is 29.9 Å². The molecule has 28 heavy (non-hydrogen) atoms. The molecule has 1 atom stereocenters. The summed E-state index contributed by atoms with van der Waals surface area (Å²) < 4.78 is 1.63. The highest BCUT2D eigenvalue weighted by Gasteiger charge is 2.32. The van der Waals surface area contributed by atoms with Gasteiger partial charge in [0.2, 0.25) is 5.91 Å². The first-order chi connectivity index (χ1) is 12.7. The number of carbonyl (C=O) groups is 2. The van der Waals surface area contributed by atoms with Crippen molar-refractivity contribution in [2.24, 2.45) is 0 Å². The molecule has 152 valence electrons. The van der Waals surface area contributed by atoms with Crippen LogP contribution in [0.15, 0.2) is 36.7 Å². The number of nitrogens with zero attached hydrogens (tertiary/aromatic N) is 5. The van der Waals surface area contributed by atoms with Crippen molar-refractivity contribution in [1.29, 1.82) is 0 Å². The number of hydrogen-bond donors (Lipinski definition) is 1. The van der Waals surface area contributed by atoms with E-state index in [2.05, 4.69) is 15.4 Å². The van der Waals surface area contributed by atoms with Crippen molar-refractivity contribution in [2.75, 3.05) is 32.7 Å². The van der Waals surface area contributed by atoms with Crippen molar-refractivity contribution in [3.05, 3.63) is 42.4 Å². The summed E-state index contributed by atoms with van der Waals surface area (Å²) in [5.74, 6) is 0.646. The van der Waals surface area contributed by atoms with Crippen LogP contribution in [0, 0.1) is 0 Å². The number of piperidine rings is 1. The molecule has 2 aromatic heterocycles. The molecule has 0 aromatic carbocycles. The monoisotopic (exact) mass is 426 g/mol. The van der Waals surface area contributed by atoms with Gasteiger partial charge in [-0.2, -0.15) is 5.10 Å². The fraction of sp³-hybridized carbons (Fsp3) is 0.444. The Morgan fingerprint density at radius 3 is 2.79 bits per heavy atom. The quantitative estimate of drug-likeness (QED) is 0.795. The Morgan fingerprint density at radius 2 is 2.04 bits per heavy atom. The highest BCUT2D eigenvalue weighted by atomic mass is 35.5. The number of amides is 2. The van der Waals surface area contributed by atoms with Gasteiger partial charge < -0.3 is 15.1 Å². The predicted molar refractivity (Wildman–Crippen MR) is 109 cm³/mol. The predicted octanol–water partition coefficient (Wildman–Crippen LogP) is 1.15. The van der Waals surface area contributed by atoms with Crippen LogP contribution < -0.4 is 5.32 Å². The number of halogens is 2. The van der Waals surface area contributed by atoms with Gasteiger partial charge in [-0.05, 0) is 31.0 Å². The minimum absolute atomic E-state index is 0. The lowest BCUT2D eigenvalue weighted by molar-refractivity contribution is -0.135. The van der Waals surface area contributed by atoms with Crippen LogP contribution in [-0.2, 0) is 4.79 Å². The fourth-order valence-corrected chi connectivity index (χ4v) is 3.64. The molecule has 2 aliphatic heterocycles. The fourth-order valence-electron chi connectivity index (χ4n) is 3.64. The minimum atomic E-state index is -0.0914. The van der Waals surface area contributed by atoms with E-state index in [4.69, 9.17) is 0 Å². The number of hydrogen-bond acceptors (Lipinski definition) is 5. The van der Waals surface area contributed by atoms with E-state index in [-0.39, 0.29) is 42.7 Å². The molecule has 1 N–H and O–H groups in total. The van der Waals surface area contributed by atoms with Crippen LogP contribution in [0.1, 0.15) is 23.3 Å². The number of nitrogens with one attached hydrogen (secondary N) is 1. The largest absolute Gasteiger partial charge is 0.336 e. The molecule has 1 unspecified atom stereocenters. The van der Waals surface area contributed by atoms with E-state index in [0.29, 0.717) is 37.7 Å². The Kier molecular flexibility index (Phi) is 7.79. The molecule has 2 fully saturated rings. The first-order valence-corrected chi connectivity index (χ1v) is 8.99. The molecule has 2 aliphatic rings. The van der Waals surface area contributed by atoms with Crippen molar-refractivity contribution in [2.45, 2.75) is 18.9 Å². The summed E-state index contributed by atoms with van der Waals surface area (Å²) in [6.45, 7) is 3.17. The van der Waals surface area contributed by atoms with E-state index < -0.39 is 0 Å². The lowest BCUT2D eigenvalue weighted by atomic mass is 10.0. The summed E-state index contributed by atoms with van der Waals surface area (Å²) in [7, 11) is 0. The third-order valence-corrected chi connectivity index (χ3v) is 4.94. The molecule has 2 saturated heterocycles.